The highest BCUT2D eigenvalue weighted by molar-refractivity contribution is 14.1. The van der Waals surface area contributed by atoms with Crippen molar-refractivity contribution in [3.05, 3.63) is 43.8 Å². The number of fused-ring (bicyclic) bond motifs is 4. The molecule has 1 unspecified atom stereocenters. The van der Waals surface area contributed by atoms with Gasteiger partial charge in [-0.05, 0) is 47.7 Å². The summed E-state index contributed by atoms with van der Waals surface area (Å²) in [5.41, 5.74) is 0.751. The Hall–Kier alpha value is -1.45. The Kier molecular flexibility index (Phi) is 5.02. The molecule has 2 aromatic rings. The molecule has 0 aliphatic carbocycles. The number of ether oxygens (including phenoxy) is 1. The highest BCUT2D eigenvalue weighted by atomic mass is 127. The van der Waals surface area contributed by atoms with Crippen LogP contribution < -0.4 is 5.43 Å². The quantitative estimate of drug-likeness (QED) is 0.507. The summed E-state index contributed by atoms with van der Waals surface area (Å²) in [4.78, 5) is 30.1. The molecule has 0 N–H and O–H groups in total. The summed E-state index contributed by atoms with van der Waals surface area (Å²) in [6.07, 6.45) is 1.69. The molecule has 0 spiro atoms. The van der Waals surface area contributed by atoms with Crippen molar-refractivity contribution in [1.82, 2.24) is 14.4 Å². The maximum atomic E-state index is 12.8. The zero-order valence-corrected chi connectivity index (χ0v) is 16.9. The number of pyridine rings is 1. The van der Waals surface area contributed by atoms with Crippen LogP contribution in [0.1, 0.15) is 17.3 Å². The minimum Gasteiger partial charge on any atom is -0.462 e. The maximum Gasteiger partial charge on any atom is 0.343 e. The van der Waals surface area contributed by atoms with Crippen LogP contribution in [0.5, 0.6) is 0 Å². The van der Waals surface area contributed by atoms with Gasteiger partial charge in [-0.1, -0.05) is 0 Å². The van der Waals surface area contributed by atoms with Gasteiger partial charge in [0, 0.05) is 60.5 Å². The maximum absolute atomic E-state index is 12.8. The Labute approximate surface area is 165 Å². The Balaban J connectivity index is 1.78. The van der Waals surface area contributed by atoms with Crippen LogP contribution in [0, 0.1) is 3.57 Å². The average molecular weight is 467 g/mol. The van der Waals surface area contributed by atoms with E-state index in [0.29, 0.717) is 11.4 Å². The number of carbonyl (C=O) groups excluding carboxylic acids is 1. The molecule has 0 radical (unpaired) electrons. The van der Waals surface area contributed by atoms with Gasteiger partial charge in [-0.15, -0.1) is 0 Å². The first-order chi connectivity index (χ1) is 12.6. The minimum absolute atomic E-state index is 0.123. The summed E-state index contributed by atoms with van der Waals surface area (Å²) in [5, 5.41) is 0.582. The molecule has 0 saturated carbocycles. The molecule has 7 heteroatoms. The van der Waals surface area contributed by atoms with Gasteiger partial charge in [-0.2, -0.15) is 0 Å². The molecule has 2 bridgehead atoms. The number of aromatic nitrogens is 1. The fraction of sp³-hybridized carbons (Fsp3) is 0.474. The first kappa shape index (κ1) is 17.9. The number of benzene rings is 1. The minimum atomic E-state index is -0.541. The van der Waals surface area contributed by atoms with Crippen molar-refractivity contribution < 1.29 is 9.53 Å². The van der Waals surface area contributed by atoms with Gasteiger partial charge in [-0.25, -0.2) is 4.79 Å². The predicted octanol–water partition coefficient (Wildman–Crippen LogP) is 1.78. The number of hydrogen-bond donors (Lipinski definition) is 0. The summed E-state index contributed by atoms with van der Waals surface area (Å²) in [6.45, 7) is 8.25. The van der Waals surface area contributed by atoms with E-state index < -0.39 is 5.97 Å². The number of esters is 1. The van der Waals surface area contributed by atoms with Crippen molar-refractivity contribution in [3.63, 3.8) is 0 Å². The van der Waals surface area contributed by atoms with Crippen LogP contribution in [0.4, 0.5) is 0 Å². The number of halogens is 1. The van der Waals surface area contributed by atoms with E-state index in [4.69, 9.17) is 4.74 Å². The van der Waals surface area contributed by atoms with Crippen molar-refractivity contribution >= 4 is 39.5 Å². The fourth-order valence-electron chi connectivity index (χ4n) is 4.00. The average Bonchev–Trinajstić information content (AvgIpc) is 2.65. The standard InChI is InChI=1S/C19H22IN3O3/c1-2-26-19(25)16-12-23(11-14-10-21-5-7-22(14)8-6-21)17-4-3-13(20)9-15(17)18(16)24/h3-4,9,12,14H,2,5-8,10-11H2,1H3. The number of rotatable bonds is 4. The molecule has 6 nitrogen and oxygen atoms in total. The molecule has 1 aromatic heterocycles. The molecule has 3 aliphatic rings. The predicted molar refractivity (Wildman–Crippen MR) is 109 cm³/mol. The second-order valence-electron chi connectivity index (χ2n) is 6.90. The SMILES string of the molecule is CCOC(=O)c1cn(CC2CN3CCN2CC3)c2ccc(I)cc2c1=O. The Morgan fingerprint density at radius 1 is 1.27 bits per heavy atom. The van der Waals surface area contributed by atoms with Crippen molar-refractivity contribution in [2.24, 2.45) is 0 Å². The highest BCUT2D eigenvalue weighted by Gasteiger charge is 2.32. The smallest absolute Gasteiger partial charge is 0.343 e. The van der Waals surface area contributed by atoms with Gasteiger partial charge in [0.1, 0.15) is 5.56 Å². The number of hydrogen-bond acceptors (Lipinski definition) is 5. The third-order valence-electron chi connectivity index (χ3n) is 5.34. The lowest BCUT2D eigenvalue weighted by Gasteiger charge is -2.47. The van der Waals surface area contributed by atoms with E-state index in [-0.39, 0.29) is 17.6 Å². The molecular weight excluding hydrogens is 445 g/mol. The van der Waals surface area contributed by atoms with Crippen LogP contribution in [-0.2, 0) is 11.3 Å². The van der Waals surface area contributed by atoms with Crippen LogP contribution >= 0.6 is 22.6 Å². The Morgan fingerprint density at radius 3 is 2.69 bits per heavy atom. The zero-order valence-electron chi connectivity index (χ0n) is 14.8. The number of carbonyl (C=O) groups is 1. The number of nitrogens with zero attached hydrogens (tertiary/aromatic N) is 3. The van der Waals surface area contributed by atoms with E-state index >= 15 is 0 Å². The van der Waals surface area contributed by atoms with E-state index in [9.17, 15) is 9.59 Å². The van der Waals surface area contributed by atoms with Gasteiger partial charge in [0.25, 0.3) is 0 Å². The van der Waals surface area contributed by atoms with Crippen LogP contribution in [0.25, 0.3) is 10.9 Å². The Bertz CT molecular complexity index is 903. The lowest BCUT2D eigenvalue weighted by molar-refractivity contribution is 0.00663. The van der Waals surface area contributed by atoms with Crippen molar-refractivity contribution in [3.8, 4) is 0 Å². The third-order valence-corrected chi connectivity index (χ3v) is 6.01. The fourth-order valence-corrected chi connectivity index (χ4v) is 4.49. The first-order valence-electron chi connectivity index (χ1n) is 9.03. The number of piperazine rings is 3. The first-order valence-corrected chi connectivity index (χ1v) is 10.1. The van der Waals surface area contributed by atoms with Crippen molar-refractivity contribution in [2.75, 3.05) is 39.3 Å². The van der Waals surface area contributed by atoms with Crippen LogP contribution in [-0.4, -0.2) is 65.7 Å². The Morgan fingerprint density at radius 2 is 2.04 bits per heavy atom. The normalized spacial score (nSPS) is 24.8. The highest BCUT2D eigenvalue weighted by Crippen LogP contribution is 2.21. The van der Waals surface area contributed by atoms with Crippen LogP contribution in [0.15, 0.2) is 29.2 Å². The van der Waals surface area contributed by atoms with Crippen LogP contribution in [0.3, 0.4) is 0 Å². The molecule has 0 amide bonds. The summed E-state index contributed by atoms with van der Waals surface area (Å²) in [7, 11) is 0. The van der Waals surface area contributed by atoms with Crippen molar-refractivity contribution in [1.29, 1.82) is 0 Å². The molecule has 3 fully saturated rings. The molecule has 26 heavy (non-hydrogen) atoms. The largest absolute Gasteiger partial charge is 0.462 e. The van der Waals surface area contributed by atoms with Gasteiger partial charge in [0.05, 0.1) is 12.1 Å². The topological polar surface area (TPSA) is 54.8 Å². The van der Waals surface area contributed by atoms with E-state index in [1.54, 1.807) is 13.1 Å². The monoisotopic (exact) mass is 467 g/mol. The third kappa shape index (κ3) is 3.27. The van der Waals surface area contributed by atoms with Crippen LogP contribution in [0.2, 0.25) is 0 Å². The summed E-state index contributed by atoms with van der Waals surface area (Å²) >= 11 is 2.19. The lowest BCUT2D eigenvalue weighted by atomic mass is 10.1. The molecule has 1 aromatic carbocycles. The van der Waals surface area contributed by atoms with Gasteiger partial charge < -0.3 is 9.30 Å². The van der Waals surface area contributed by atoms with Gasteiger partial charge in [0.2, 0.25) is 5.43 Å². The molecule has 3 aliphatic heterocycles. The lowest BCUT2D eigenvalue weighted by Crippen LogP contribution is -2.61. The summed E-state index contributed by atoms with van der Waals surface area (Å²) in [5.74, 6) is -0.541. The second-order valence-corrected chi connectivity index (χ2v) is 8.14. The van der Waals surface area contributed by atoms with Gasteiger partial charge in [0.15, 0.2) is 0 Å². The van der Waals surface area contributed by atoms with E-state index in [0.717, 1.165) is 48.4 Å². The molecule has 4 heterocycles. The second kappa shape index (κ2) is 7.28. The van der Waals surface area contributed by atoms with Gasteiger partial charge in [-0.3, -0.25) is 14.6 Å². The van der Waals surface area contributed by atoms with Gasteiger partial charge >= 0.3 is 5.97 Å². The molecular formula is C19H22IN3O3. The van der Waals surface area contributed by atoms with Crippen molar-refractivity contribution in [2.45, 2.75) is 19.5 Å². The molecule has 138 valence electrons. The molecule has 5 rings (SSSR count). The zero-order chi connectivity index (χ0) is 18.3. The summed E-state index contributed by atoms with van der Waals surface area (Å²) in [6, 6.07) is 6.23. The molecule has 1 atom stereocenters. The molecule has 3 saturated heterocycles. The van der Waals surface area contributed by atoms with E-state index in [1.807, 2.05) is 18.2 Å². The van der Waals surface area contributed by atoms with E-state index in [2.05, 4.69) is 37.0 Å². The summed E-state index contributed by atoms with van der Waals surface area (Å²) < 4.78 is 8.15. The van der Waals surface area contributed by atoms with E-state index in [1.165, 1.54) is 0 Å².